The van der Waals surface area contributed by atoms with Crippen LogP contribution in [0.15, 0.2) is 48.5 Å². The molecule has 0 radical (unpaired) electrons. The van der Waals surface area contributed by atoms with E-state index in [1.54, 1.807) is 56.3 Å². The zero-order chi connectivity index (χ0) is 20.7. The molecule has 7 nitrogen and oxygen atoms in total. The van der Waals surface area contributed by atoms with Gasteiger partial charge in [-0.2, -0.15) is 0 Å². The molecule has 0 aliphatic heterocycles. The second kappa shape index (κ2) is 9.85. The van der Waals surface area contributed by atoms with E-state index < -0.39 is 16.9 Å². The lowest BCUT2D eigenvalue weighted by atomic mass is 10.1. The summed E-state index contributed by atoms with van der Waals surface area (Å²) < 4.78 is 0. The first kappa shape index (κ1) is 21.4. The van der Waals surface area contributed by atoms with Gasteiger partial charge in [-0.1, -0.05) is 48.0 Å². The monoisotopic (exact) mass is 403 g/mol. The fourth-order valence-electron chi connectivity index (χ4n) is 2.82. The van der Waals surface area contributed by atoms with Crippen LogP contribution >= 0.6 is 11.6 Å². The van der Waals surface area contributed by atoms with Crippen molar-refractivity contribution in [2.24, 2.45) is 0 Å². The molecule has 2 aromatic rings. The number of para-hydroxylation sites is 1. The minimum Gasteiger partial charge on any atom is -0.355 e. The normalized spacial score (nSPS) is 11.5. The molecule has 0 aromatic heterocycles. The number of amides is 2. The van der Waals surface area contributed by atoms with E-state index in [0.29, 0.717) is 22.7 Å². The van der Waals surface area contributed by atoms with Crippen LogP contribution in [-0.2, 0) is 22.6 Å². The van der Waals surface area contributed by atoms with E-state index in [0.717, 1.165) is 0 Å². The van der Waals surface area contributed by atoms with Crippen LogP contribution in [-0.4, -0.2) is 34.2 Å². The lowest BCUT2D eigenvalue weighted by Gasteiger charge is -2.29. The van der Waals surface area contributed by atoms with Crippen LogP contribution in [0.1, 0.15) is 25.0 Å². The Kier molecular flexibility index (Phi) is 7.52. The molecule has 8 heteroatoms. The van der Waals surface area contributed by atoms with Gasteiger partial charge in [0.15, 0.2) is 0 Å². The van der Waals surface area contributed by atoms with Gasteiger partial charge in [0.05, 0.1) is 11.3 Å². The Morgan fingerprint density at radius 2 is 1.75 bits per heavy atom. The van der Waals surface area contributed by atoms with Crippen molar-refractivity contribution in [1.29, 1.82) is 0 Å². The molecular weight excluding hydrogens is 382 g/mol. The Bertz CT molecular complexity index is 872. The fourth-order valence-corrected chi connectivity index (χ4v) is 3.01. The Balaban J connectivity index is 2.32. The summed E-state index contributed by atoms with van der Waals surface area (Å²) in [7, 11) is 0. The molecule has 0 saturated carbocycles. The van der Waals surface area contributed by atoms with Crippen molar-refractivity contribution in [3.05, 3.63) is 74.8 Å². The summed E-state index contributed by atoms with van der Waals surface area (Å²) in [6, 6.07) is 12.4. The summed E-state index contributed by atoms with van der Waals surface area (Å²) in [6.45, 7) is 3.97. The summed E-state index contributed by atoms with van der Waals surface area (Å²) >= 11 is 6.22. The van der Waals surface area contributed by atoms with Crippen LogP contribution in [0.5, 0.6) is 0 Å². The van der Waals surface area contributed by atoms with Crippen molar-refractivity contribution < 1.29 is 14.5 Å². The second-order valence-electron chi connectivity index (χ2n) is 6.25. The average molecular weight is 404 g/mol. The molecule has 148 valence electrons. The first-order valence-corrected chi connectivity index (χ1v) is 9.25. The van der Waals surface area contributed by atoms with Gasteiger partial charge in [-0.15, -0.1) is 0 Å². The maximum absolute atomic E-state index is 13.0. The van der Waals surface area contributed by atoms with Crippen LogP contribution in [0.3, 0.4) is 0 Å². The van der Waals surface area contributed by atoms with Crippen molar-refractivity contribution in [2.45, 2.75) is 32.9 Å². The van der Waals surface area contributed by atoms with Crippen LogP contribution in [0.25, 0.3) is 0 Å². The standard InChI is InChI=1S/C20H22ClN3O4/c1-3-22-20(26)14(2)23(13-16-9-4-6-10-17(16)21)19(25)12-15-8-5-7-11-18(15)24(27)28/h4-11,14H,3,12-13H2,1-2H3,(H,22,26)/t14-/m0/s1. The maximum Gasteiger partial charge on any atom is 0.273 e. The first-order valence-electron chi connectivity index (χ1n) is 8.88. The lowest BCUT2D eigenvalue weighted by Crippen LogP contribution is -2.48. The molecule has 28 heavy (non-hydrogen) atoms. The van der Waals surface area contributed by atoms with Gasteiger partial charge in [0.25, 0.3) is 5.69 Å². The number of likely N-dealkylation sites (N-methyl/N-ethyl adjacent to an activating group) is 1. The van der Waals surface area contributed by atoms with E-state index in [1.807, 2.05) is 0 Å². The number of nitro benzene ring substituents is 1. The number of rotatable bonds is 8. The third-order valence-corrected chi connectivity index (χ3v) is 4.72. The van der Waals surface area contributed by atoms with E-state index in [4.69, 9.17) is 11.6 Å². The SMILES string of the molecule is CCNC(=O)[C@H](C)N(Cc1ccccc1Cl)C(=O)Cc1ccccc1[N+](=O)[O-]. The van der Waals surface area contributed by atoms with Crippen molar-refractivity contribution in [3.63, 3.8) is 0 Å². The maximum atomic E-state index is 13.0. The summed E-state index contributed by atoms with van der Waals surface area (Å²) in [5, 5.41) is 14.4. The lowest BCUT2D eigenvalue weighted by molar-refractivity contribution is -0.385. The average Bonchev–Trinajstić information content (AvgIpc) is 2.67. The molecule has 0 heterocycles. The summed E-state index contributed by atoms with van der Waals surface area (Å²) in [4.78, 5) is 37.5. The zero-order valence-corrected chi connectivity index (χ0v) is 16.5. The molecule has 0 saturated heterocycles. The van der Waals surface area contributed by atoms with E-state index >= 15 is 0 Å². The van der Waals surface area contributed by atoms with E-state index in [2.05, 4.69) is 5.32 Å². The third kappa shape index (κ3) is 5.29. The molecular formula is C20H22ClN3O4. The van der Waals surface area contributed by atoms with Gasteiger partial charge in [0.2, 0.25) is 11.8 Å². The zero-order valence-electron chi connectivity index (χ0n) is 15.7. The fraction of sp³-hybridized carbons (Fsp3) is 0.300. The Morgan fingerprint density at radius 3 is 2.36 bits per heavy atom. The Labute approximate surface area is 168 Å². The van der Waals surface area contributed by atoms with Gasteiger partial charge in [0, 0.05) is 29.7 Å². The van der Waals surface area contributed by atoms with Crippen LogP contribution < -0.4 is 5.32 Å². The summed E-state index contributed by atoms with van der Waals surface area (Å²) in [5.41, 5.74) is 0.861. The number of hydrogen-bond acceptors (Lipinski definition) is 4. The van der Waals surface area contributed by atoms with Gasteiger partial charge in [0.1, 0.15) is 6.04 Å². The molecule has 0 aliphatic rings. The molecule has 0 aliphatic carbocycles. The highest BCUT2D eigenvalue weighted by molar-refractivity contribution is 6.31. The second-order valence-corrected chi connectivity index (χ2v) is 6.65. The van der Waals surface area contributed by atoms with Gasteiger partial charge in [-0.25, -0.2) is 0 Å². The number of nitrogens with one attached hydrogen (secondary N) is 1. The Morgan fingerprint density at radius 1 is 1.14 bits per heavy atom. The summed E-state index contributed by atoms with van der Waals surface area (Å²) in [6.07, 6.45) is -0.189. The van der Waals surface area contributed by atoms with E-state index in [-0.39, 0.29) is 24.6 Å². The molecule has 0 spiro atoms. The van der Waals surface area contributed by atoms with Crippen molar-refractivity contribution in [2.75, 3.05) is 6.54 Å². The predicted molar refractivity (Wildman–Crippen MR) is 107 cm³/mol. The number of nitro groups is 1. The molecule has 2 rings (SSSR count). The van der Waals surface area contributed by atoms with Crippen LogP contribution in [0, 0.1) is 10.1 Å². The van der Waals surface area contributed by atoms with Gasteiger partial charge < -0.3 is 10.2 Å². The number of benzene rings is 2. The van der Waals surface area contributed by atoms with E-state index in [1.165, 1.54) is 11.0 Å². The number of hydrogen-bond donors (Lipinski definition) is 1. The number of carbonyl (C=O) groups is 2. The highest BCUT2D eigenvalue weighted by Gasteiger charge is 2.28. The van der Waals surface area contributed by atoms with Crippen LogP contribution in [0.2, 0.25) is 5.02 Å². The molecule has 1 N–H and O–H groups in total. The topological polar surface area (TPSA) is 92.6 Å². The molecule has 0 fully saturated rings. The largest absolute Gasteiger partial charge is 0.355 e. The number of carbonyl (C=O) groups excluding carboxylic acids is 2. The quantitative estimate of drug-likeness (QED) is 0.540. The van der Waals surface area contributed by atoms with Crippen molar-refractivity contribution in [3.8, 4) is 0 Å². The smallest absolute Gasteiger partial charge is 0.273 e. The highest BCUT2D eigenvalue weighted by atomic mass is 35.5. The van der Waals surface area contributed by atoms with Crippen molar-refractivity contribution >= 4 is 29.1 Å². The van der Waals surface area contributed by atoms with Gasteiger partial charge in [-0.3, -0.25) is 19.7 Å². The molecule has 2 amide bonds. The highest BCUT2D eigenvalue weighted by Crippen LogP contribution is 2.22. The minimum absolute atomic E-state index is 0.122. The van der Waals surface area contributed by atoms with Gasteiger partial charge >= 0.3 is 0 Å². The summed E-state index contributed by atoms with van der Waals surface area (Å²) in [5.74, 6) is -0.696. The van der Waals surface area contributed by atoms with Gasteiger partial charge in [-0.05, 0) is 25.5 Å². The molecule has 2 aromatic carbocycles. The van der Waals surface area contributed by atoms with Crippen LogP contribution in [0.4, 0.5) is 5.69 Å². The first-order chi connectivity index (χ1) is 13.3. The molecule has 0 unspecified atom stereocenters. The Hall–Kier alpha value is -2.93. The van der Waals surface area contributed by atoms with Crippen molar-refractivity contribution in [1.82, 2.24) is 10.2 Å². The number of nitrogens with zero attached hydrogens (tertiary/aromatic N) is 2. The third-order valence-electron chi connectivity index (χ3n) is 4.35. The predicted octanol–water partition coefficient (Wildman–Crippen LogP) is 3.34. The minimum atomic E-state index is -0.758. The molecule has 1 atom stereocenters. The van der Waals surface area contributed by atoms with E-state index in [9.17, 15) is 19.7 Å². The number of halogens is 1. The molecule has 0 bridgehead atoms.